The molecular weight excluding hydrogens is 328 g/mol. The maximum atomic E-state index is 12.9. The molecule has 146 valence electrons. The lowest BCUT2D eigenvalue weighted by molar-refractivity contribution is -0.122. The van der Waals surface area contributed by atoms with Gasteiger partial charge in [0.15, 0.2) is 0 Å². The Morgan fingerprint density at radius 3 is 2.50 bits per heavy atom. The molecule has 0 atom stereocenters. The highest BCUT2D eigenvalue weighted by atomic mass is 16.3. The van der Waals surface area contributed by atoms with E-state index < -0.39 is 0 Å². The van der Waals surface area contributed by atoms with Gasteiger partial charge in [-0.3, -0.25) is 9.59 Å². The van der Waals surface area contributed by atoms with Crippen LogP contribution in [0, 0.1) is 13.8 Å². The van der Waals surface area contributed by atoms with E-state index in [4.69, 9.17) is 4.42 Å². The second-order valence-corrected chi connectivity index (χ2v) is 7.48. The number of carbonyl (C=O) groups is 2. The fourth-order valence-corrected chi connectivity index (χ4v) is 3.66. The van der Waals surface area contributed by atoms with Gasteiger partial charge in [0, 0.05) is 25.6 Å². The van der Waals surface area contributed by atoms with Crippen LogP contribution in [0.3, 0.4) is 0 Å². The van der Waals surface area contributed by atoms with E-state index in [-0.39, 0.29) is 11.8 Å². The largest absolute Gasteiger partial charge is 0.466 e. The minimum absolute atomic E-state index is 0.0269. The Labute approximate surface area is 157 Å². The molecule has 1 heterocycles. The third-order valence-electron chi connectivity index (χ3n) is 5.17. The highest BCUT2D eigenvalue weighted by Crippen LogP contribution is 2.18. The number of unbranched alkanes of at least 4 members (excludes halogenated alkanes) is 2. The van der Waals surface area contributed by atoms with Crippen LogP contribution in [0.15, 0.2) is 10.5 Å². The Morgan fingerprint density at radius 1 is 1.15 bits per heavy atom. The van der Waals surface area contributed by atoms with Crippen molar-refractivity contribution in [1.29, 1.82) is 0 Å². The van der Waals surface area contributed by atoms with Crippen LogP contribution < -0.4 is 5.32 Å². The molecule has 0 radical (unpaired) electrons. The fourth-order valence-electron chi connectivity index (χ4n) is 3.66. The Hall–Kier alpha value is -1.78. The van der Waals surface area contributed by atoms with Crippen molar-refractivity contribution in [3.63, 3.8) is 0 Å². The second kappa shape index (κ2) is 10.4. The molecule has 1 fully saturated rings. The zero-order valence-electron chi connectivity index (χ0n) is 16.6. The van der Waals surface area contributed by atoms with Gasteiger partial charge < -0.3 is 14.6 Å². The summed E-state index contributed by atoms with van der Waals surface area (Å²) in [4.78, 5) is 27.0. The van der Waals surface area contributed by atoms with E-state index in [0.717, 1.165) is 37.9 Å². The normalized spacial score (nSPS) is 15.0. The summed E-state index contributed by atoms with van der Waals surface area (Å²) in [7, 11) is 0. The van der Waals surface area contributed by atoms with Crippen molar-refractivity contribution in [3.05, 3.63) is 23.2 Å². The van der Waals surface area contributed by atoms with Crippen LogP contribution in [-0.2, 0) is 4.79 Å². The third-order valence-corrected chi connectivity index (χ3v) is 5.17. The Morgan fingerprint density at radius 2 is 1.88 bits per heavy atom. The third kappa shape index (κ3) is 6.19. The predicted molar refractivity (Wildman–Crippen MR) is 103 cm³/mol. The average molecular weight is 363 g/mol. The van der Waals surface area contributed by atoms with Crippen molar-refractivity contribution in [2.45, 2.75) is 84.6 Å². The zero-order valence-corrected chi connectivity index (χ0v) is 16.6. The van der Waals surface area contributed by atoms with Crippen LogP contribution in [0.25, 0.3) is 0 Å². The first-order chi connectivity index (χ1) is 12.5. The number of aryl methyl sites for hydroxylation is 2. The molecule has 2 amide bonds. The summed E-state index contributed by atoms with van der Waals surface area (Å²) in [6.45, 7) is 6.97. The molecule has 1 saturated carbocycles. The molecule has 5 heteroatoms. The lowest BCUT2D eigenvalue weighted by Gasteiger charge is -2.25. The van der Waals surface area contributed by atoms with Crippen LogP contribution >= 0.6 is 0 Å². The van der Waals surface area contributed by atoms with E-state index in [1.165, 1.54) is 19.3 Å². The molecule has 1 aromatic rings. The lowest BCUT2D eigenvalue weighted by atomic mass is 9.95. The van der Waals surface area contributed by atoms with E-state index in [1.807, 2.05) is 18.7 Å². The van der Waals surface area contributed by atoms with Crippen LogP contribution in [-0.4, -0.2) is 35.8 Å². The maximum absolute atomic E-state index is 12.9. The van der Waals surface area contributed by atoms with Crippen molar-refractivity contribution in [2.24, 2.45) is 0 Å². The van der Waals surface area contributed by atoms with E-state index in [9.17, 15) is 9.59 Å². The first kappa shape index (κ1) is 20.5. The maximum Gasteiger partial charge on any atom is 0.257 e. The van der Waals surface area contributed by atoms with Gasteiger partial charge in [0.25, 0.3) is 5.91 Å². The highest BCUT2D eigenvalue weighted by molar-refractivity contribution is 5.95. The van der Waals surface area contributed by atoms with Gasteiger partial charge >= 0.3 is 0 Å². The molecular formula is C21H34N2O3. The first-order valence-electron chi connectivity index (χ1n) is 10.2. The molecule has 2 rings (SSSR count). The lowest BCUT2D eigenvalue weighted by Crippen LogP contribution is -2.40. The summed E-state index contributed by atoms with van der Waals surface area (Å²) >= 11 is 0. The number of nitrogens with zero attached hydrogens (tertiary/aromatic N) is 1. The standard InChI is InChI=1S/C21H34N2O3/c1-4-5-9-13-23(21(25)19-15-16(2)26-17(19)3)14-12-20(24)22-18-10-7-6-8-11-18/h15,18H,4-14H2,1-3H3,(H,22,24). The summed E-state index contributed by atoms with van der Waals surface area (Å²) in [5, 5.41) is 3.14. The summed E-state index contributed by atoms with van der Waals surface area (Å²) in [5.41, 5.74) is 0.617. The van der Waals surface area contributed by atoms with Gasteiger partial charge in [-0.25, -0.2) is 0 Å². The van der Waals surface area contributed by atoms with Crippen molar-refractivity contribution >= 4 is 11.8 Å². The van der Waals surface area contributed by atoms with Crippen LogP contribution in [0.2, 0.25) is 0 Å². The van der Waals surface area contributed by atoms with E-state index in [2.05, 4.69) is 12.2 Å². The molecule has 5 nitrogen and oxygen atoms in total. The Kier molecular flexibility index (Phi) is 8.20. The fraction of sp³-hybridized carbons (Fsp3) is 0.714. The highest BCUT2D eigenvalue weighted by Gasteiger charge is 2.22. The molecule has 1 aliphatic carbocycles. The number of furan rings is 1. The zero-order chi connectivity index (χ0) is 18.9. The summed E-state index contributed by atoms with van der Waals surface area (Å²) < 4.78 is 5.51. The minimum Gasteiger partial charge on any atom is -0.466 e. The van der Waals surface area contributed by atoms with Crippen molar-refractivity contribution in [1.82, 2.24) is 10.2 Å². The predicted octanol–water partition coefficient (Wildman–Crippen LogP) is 4.37. The molecule has 0 aromatic carbocycles. The Bertz CT molecular complexity index is 588. The van der Waals surface area contributed by atoms with Crippen molar-refractivity contribution in [3.8, 4) is 0 Å². The van der Waals surface area contributed by atoms with E-state index in [1.54, 1.807) is 6.07 Å². The molecule has 1 aliphatic rings. The van der Waals surface area contributed by atoms with Crippen LogP contribution in [0.4, 0.5) is 0 Å². The number of amides is 2. The molecule has 1 N–H and O–H groups in total. The summed E-state index contributed by atoms with van der Waals surface area (Å²) in [5.74, 6) is 1.43. The first-order valence-corrected chi connectivity index (χ1v) is 10.2. The summed E-state index contributed by atoms with van der Waals surface area (Å²) in [6, 6.07) is 2.12. The van der Waals surface area contributed by atoms with Gasteiger partial charge in [-0.15, -0.1) is 0 Å². The monoisotopic (exact) mass is 362 g/mol. The Balaban J connectivity index is 1.91. The van der Waals surface area contributed by atoms with Crippen LogP contribution in [0.5, 0.6) is 0 Å². The topological polar surface area (TPSA) is 62.6 Å². The molecule has 0 saturated heterocycles. The van der Waals surface area contributed by atoms with Gasteiger partial charge in [-0.05, 0) is 39.2 Å². The molecule has 1 aromatic heterocycles. The van der Waals surface area contributed by atoms with Crippen LogP contribution in [0.1, 0.15) is 86.6 Å². The van der Waals surface area contributed by atoms with E-state index >= 15 is 0 Å². The molecule has 26 heavy (non-hydrogen) atoms. The van der Waals surface area contributed by atoms with Gasteiger partial charge in [-0.2, -0.15) is 0 Å². The number of carbonyl (C=O) groups excluding carboxylic acids is 2. The molecule has 0 spiro atoms. The van der Waals surface area contributed by atoms with Crippen molar-refractivity contribution in [2.75, 3.05) is 13.1 Å². The van der Waals surface area contributed by atoms with Gasteiger partial charge in [0.1, 0.15) is 11.5 Å². The average Bonchev–Trinajstić information content (AvgIpc) is 2.96. The SMILES string of the molecule is CCCCCN(CCC(=O)NC1CCCCC1)C(=O)c1cc(C)oc1C. The smallest absolute Gasteiger partial charge is 0.257 e. The molecule has 0 aliphatic heterocycles. The van der Waals surface area contributed by atoms with Gasteiger partial charge in [-0.1, -0.05) is 39.0 Å². The van der Waals surface area contributed by atoms with Gasteiger partial charge in [0.2, 0.25) is 5.91 Å². The molecule has 0 bridgehead atoms. The number of nitrogens with one attached hydrogen (secondary N) is 1. The number of hydrogen-bond acceptors (Lipinski definition) is 3. The molecule has 0 unspecified atom stereocenters. The van der Waals surface area contributed by atoms with Crippen molar-refractivity contribution < 1.29 is 14.0 Å². The quantitative estimate of drug-likeness (QED) is 0.664. The second-order valence-electron chi connectivity index (χ2n) is 7.48. The number of hydrogen-bond donors (Lipinski definition) is 1. The minimum atomic E-state index is -0.0269. The number of rotatable bonds is 9. The summed E-state index contributed by atoms with van der Waals surface area (Å²) in [6.07, 6.45) is 9.35. The van der Waals surface area contributed by atoms with Gasteiger partial charge in [0.05, 0.1) is 5.56 Å². The van der Waals surface area contributed by atoms with E-state index in [0.29, 0.717) is 36.9 Å².